The summed E-state index contributed by atoms with van der Waals surface area (Å²) < 4.78 is 0. The van der Waals surface area contributed by atoms with Crippen LogP contribution in [0, 0.1) is 17.8 Å². The molecule has 2 heteroatoms. The van der Waals surface area contributed by atoms with E-state index >= 15 is 0 Å². The Labute approximate surface area is 156 Å². The lowest BCUT2D eigenvalue weighted by Crippen LogP contribution is -2.04. The van der Waals surface area contributed by atoms with Gasteiger partial charge in [0.1, 0.15) is 0 Å². The first-order chi connectivity index (χ1) is 12.9. The van der Waals surface area contributed by atoms with Gasteiger partial charge in [-0.2, -0.15) is 0 Å². The maximum Gasteiger partial charge on any atom is 0.212 e. The zero-order valence-corrected chi connectivity index (χ0v) is 15.1. The maximum absolute atomic E-state index is 5.70. The molecule has 1 aliphatic rings. The first kappa shape index (κ1) is 18.0. The van der Waals surface area contributed by atoms with Crippen LogP contribution >= 0.6 is 0 Å². The third-order valence-corrected chi connectivity index (χ3v) is 4.53. The molecule has 0 saturated heterocycles. The Kier molecular flexibility index (Phi) is 7.11. The van der Waals surface area contributed by atoms with Crippen molar-refractivity contribution >= 4 is 12.3 Å². The molecule has 2 aromatic rings. The van der Waals surface area contributed by atoms with Gasteiger partial charge in [0.15, 0.2) is 0 Å². The molecule has 0 heterocycles. The molecule has 3 rings (SSSR count). The lowest BCUT2D eigenvalue weighted by molar-refractivity contribution is 0.101. The van der Waals surface area contributed by atoms with Gasteiger partial charge in [-0.05, 0) is 24.5 Å². The van der Waals surface area contributed by atoms with Gasteiger partial charge in [-0.3, -0.25) is 0 Å². The lowest BCUT2D eigenvalue weighted by Gasteiger charge is -2.16. The molecule has 0 aromatic heterocycles. The summed E-state index contributed by atoms with van der Waals surface area (Å²) in [6.45, 7) is 0. The summed E-state index contributed by atoms with van der Waals surface area (Å²) >= 11 is 0. The minimum absolute atomic E-state index is 0.320. The van der Waals surface area contributed by atoms with E-state index in [1.807, 2.05) is 72.8 Å². The largest absolute Gasteiger partial charge is 0.374 e. The number of allylic oxidation sites excluding steroid dienone is 1. The summed E-state index contributed by atoms with van der Waals surface area (Å²) in [5.41, 5.74) is 2.18. The second kappa shape index (κ2) is 10.3. The molecular formula is C24H25NO. The Hall–Kier alpha value is -2.79. The van der Waals surface area contributed by atoms with Crippen molar-refractivity contribution in [2.75, 3.05) is 0 Å². The molecule has 132 valence electrons. The van der Waals surface area contributed by atoms with E-state index in [0.717, 1.165) is 11.1 Å². The summed E-state index contributed by atoms with van der Waals surface area (Å²) in [5.74, 6) is 7.22. The van der Waals surface area contributed by atoms with E-state index in [-0.39, 0.29) is 6.10 Å². The van der Waals surface area contributed by atoms with E-state index < -0.39 is 0 Å². The summed E-state index contributed by atoms with van der Waals surface area (Å²) in [5, 5.41) is 4.11. The lowest BCUT2D eigenvalue weighted by atomic mass is 9.89. The van der Waals surface area contributed by atoms with Gasteiger partial charge in [0, 0.05) is 11.5 Å². The van der Waals surface area contributed by atoms with Gasteiger partial charge in [-0.1, -0.05) is 103 Å². The van der Waals surface area contributed by atoms with Gasteiger partial charge in [-0.15, -0.1) is 0 Å². The van der Waals surface area contributed by atoms with Crippen LogP contribution in [0.4, 0.5) is 0 Å². The highest BCUT2D eigenvalue weighted by Crippen LogP contribution is 2.24. The Bertz CT molecular complexity index is 762. The molecule has 1 atom stereocenters. The van der Waals surface area contributed by atoms with E-state index in [0.29, 0.717) is 5.92 Å². The number of hydrogen-bond acceptors (Lipinski definition) is 2. The SMILES string of the molecule is C(#CC(O/N=C\C=C\c1ccccc1)c1ccccc1)C1CCCCC1. The van der Waals surface area contributed by atoms with Crippen molar-refractivity contribution in [1.82, 2.24) is 0 Å². The Morgan fingerprint density at radius 1 is 0.923 bits per heavy atom. The number of nitrogens with zero attached hydrogens (tertiary/aromatic N) is 1. The molecule has 1 fully saturated rings. The van der Waals surface area contributed by atoms with Crippen LogP contribution in [0.15, 0.2) is 71.9 Å². The quantitative estimate of drug-likeness (QED) is 0.369. The summed E-state index contributed by atoms with van der Waals surface area (Å²) in [4.78, 5) is 5.70. The van der Waals surface area contributed by atoms with Crippen LogP contribution < -0.4 is 0 Å². The van der Waals surface area contributed by atoms with E-state index in [2.05, 4.69) is 17.0 Å². The van der Waals surface area contributed by atoms with Crippen LogP contribution in [0.1, 0.15) is 49.3 Å². The molecule has 2 aromatic carbocycles. The average Bonchev–Trinajstić information content (AvgIpc) is 2.72. The molecule has 2 nitrogen and oxygen atoms in total. The van der Waals surface area contributed by atoms with Crippen LogP contribution in [0.25, 0.3) is 6.08 Å². The third kappa shape index (κ3) is 5.93. The first-order valence-electron chi connectivity index (χ1n) is 9.39. The van der Waals surface area contributed by atoms with Crippen molar-refractivity contribution in [1.29, 1.82) is 0 Å². The Balaban J connectivity index is 1.63. The number of hydrogen-bond donors (Lipinski definition) is 0. The van der Waals surface area contributed by atoms with Crippen LogP contribution in [0.5, 0.6) is 0 Å². The zero-order chi connectivity index (χ0) is 17.9. The molecule has 1 saturated carbocycles. The second-order valence-corrected chi connectivity index (χ2v) is 6.54. The Morgan fingerprint density at radius 3 is 2.35 bits per heavy atom. The molecule has 0 bridgehead atoms. The summed E-state index contributed by atoms with van der Waals surface area (Å²) in [6, 6.07) is 20.2. The van der Waals surface area contributed by atoms with E-state index in [9.17, 15) is 0 Å². The highest BCUT2D eigenvalue weighted by Gasteiger charge is 2.12. The highest BCUT2D eigenvalue weighted by atomic mass is 16.6. The normalized spacial score (nSPS) is 16.3. The van der Waals surface area contributed by atoms with Crippen LogP contribution in [-0.4, -0.2) is 6.21 Å². The maximum atomic E-state index is 5.70. The van der Waals surface area contributed by atoms with Gasteiger partial charge in [-0.25, -0.2) is 0 Å². The smallest absolute Gasteiger partial charge is 0.212 e. The average molecular weight is 343 g/mol. The highest BCUT2D eigenvalue weighted by molar-refractivity contribution is 5.77. The number of benzene rings is 2. The minimum Gasteiger partial charge on any atom is -0.374 e. The Morgan fingerprint density at radius 2 is 1.62 bits per heavy atom. The van der Waals surface area contributed by atoms with Crippen LogP contribution in [0.3, 0.4) is 0 Å². The molecule has 1 aliphatic carbocycles. The zero-order valence-electron chi connectivity index (χ0n) is 15.1. The molecule has 1 unspecified atom stereocenters. The third-order valence-electron chi connectivity index (χ3n) is 4.53. The summed E-state index contributed by atoms with van der Waals surface area (Å²) in [6.07, 6.45) is 11.6. The van der Waals surface area contributed by atoms with Crippen molar-refractivity contribution in [3.8, 4) is 11.8 Å². The van der Waals surface area contributed by atoms with Crippen molar-refractivity contribution in [2.45, 2.75) is 38.2 Å². The van der Waals surface area contributed by atoms with E-state index in [1.165, 1.54) is 32.1 Å². The minimum atomic E-state index is -0.320. The fraction of sp³-hybridized carbons (Fsp3) is 0.292. The van der Waals surface area contributed by atoms with Crippen molar-refractivity contribution < 1.29 is 4.84 Å². The van der Waals surface area contributed by atoms with E-state index in [4.69, 9.17) is 4.84 Å². The predicted octanol–water partition coefficient (Wildman–Crippen LogP) is 6.03. The van der Waals surface area contributed by atoms with Crippen LogP contribution in [-0.2, 0) is 4.84 Å². The molecule has 0 N–H and O–H groups in total. The van der Waals surface area contributed by atoms with Gasteiger partial charge in [0.05, 0.1) is 6.21 Å². The standard InChI is InChI=1S/C24H25NO/c1-4-11-21(12-5-1)15-10-20-25-26-24(23-16-8-3-9-17-23)19-18-22-13-6-2-7-14-22/h1,3-5,8-12,15-17,20,22,24H,2,6-7,13-14H2/b15-10+,25-20-. The van der Waals surface area contributed by atoms with Gasteiger partial charge >= 0.3 is 0 Å². The van der Waals surface area contributed by atoms with Crippen molar-refractivity contribution in [3.63, 3.8) is 0 Å². The molecule has 0 aliphatic heterocycles. The topological polar surface area (TPSA) is 21.6 Å². The van der Waals surface area contributed by atoms with Crippen molar-refractivity contribution in [3.05, 3.63) is 77.9 Å². The van der Waals surface area contributed by atoms with Crippen molar-refractivity contribution in [2.24, 2.45) is 11.1 Å². The molecule has 0 radical (unpaired) electrons. The monoisotopic (exact) mass is 343 g/mol. The molecule has 0 spiro atoms. The molecule has 0 amide bonds. The van der Waals surface area contributed by atoms with Gasteiger partial charge in [0.25, 0.3) is 0 Å². The first-order valence-corrected chi connectivity index (χ1v) is 9.39. The fourth-order valence-electron chi connectivity index (χ4n) is 3.09. The van der Waals surface area contributed by atoms with Crippen LogP contribution in [0.2, 0.25) is 0 Å². The second-order valence-electron chi connectivity index (χ2n) is 6.54. The molecule has 26 heavy (non-hydrogen) atoms. The van der Waals surface area contributed by atoms with E-state index in [1.54, 1.807) is 6.21 Å². The molecular weight excluding hydrogens is 318 g/mol. The predicted molar refractivity (Wildman–Crippen MR) is 109 cm³/mol. The van der Waals surface area contributed by atoms with Gasteiger partial charge in [0.2, 0.25) is 6.10 Å². The summed E-state index contributed by atoms with van der Waals surface area (Å²) in [7, 11) is 0. The number of oxime groups is 1. The number of rotatable bonds is 5. The fourth-order valence-corrected chi connectivity index (χ4v) is 3.09. The van der Waals surface area contributed by atoms with Gasteiger partial charge < -0.3 is 4.84 Å².